The lowest BCUT2D eigenvalue weighted by Gasteiger charge is -2.32. The average molecular weight is 288 g/mol. The standard InChI is InChI=1S/C15H19F3O2/c1-20-13-4-2-3-11(9-13)14(19)10-5-7-12(8-6-10)15(16,17)18/h2-4,9-10,12,14,19H,5-8H2,1H3. The molecule has 0 heterocycles. The van der Waals surface area contributed by atoms with Gasteiger partial charge in [-0.1, -0.05) is 12.1 Å². The van der Waals surface area contributed by atoms with Crippen molar-refractivity contribution >= 4 is 0 Å². The monoisotopic (exact) mass is 288 g/mol. The first kappa shape index (κ1) is 15.2. The molecule has 1 aromatic carbocycles. The minimum Gasteiger partial charge on any atom is -0.497 e. The Bertz CT molecular complexity index is 437. The molecule has 5 heteroatoms. The van der Waals surface area contributed by atoms with E-state index in [9.17, 15) is 18.3 Å². The summed E-state index contributed by atoms with van der Waals surface area (Å²) >= 11 is 0. The van der Waals surface area contributed by atoms with Gasteiger partial charge in [0.25, 0.3) is 0 Å². The zero-order valence-electron chi connectivity index (χ0n) is 11.4. The second-order valence-corrected chi connectivity index (χ2v) is 5.37. The molecule has 1 aliphatic carbocycles. The van der Waals surface area contributed by atoms with Crippen LogP contribution in [0.2, 0.25) is 0 Å². The Morgan fingerprint density at radius 2 is 1.85 bits per heavy atom. The number of hydrogen-bond donors (Lipinski definition) is 1. The van der Waals surface area contributed by atoms with Crippen molar-refractivity contribution in [1.29, 1.82) is 0 Å². The van der Waals surface area contributed by atoms with Crippen LogP contribution in [0.15, 0.2) is 24.3 Å². The molecular formula is C15H19F3O2. The van der Waals surface area contributed by atoms with E-state index in [-0.39, 0.29) is 18.8 Å². The van der Waals surface area contributed by atoms with Gasteiger partial charge in [-0.2, -0.15) is 13.2 Å². The third-order valence-electron chi connectivity index (χ3n) is 4.12. The third-order valence-corrected chi connectivity index (χ3v) is 4.12. The van der Waals surface area contributed by atoms with Gasteiger partial charge in [0.05, 0.1) is 19.1 Å². The van der Waals surface area contributed by atoms with Gasteiger partial charge in [-0.05, 0) is 49.3 Å². The quantitative estimate of drug-likeness (QED) is 0.907. The Labute approximate surface area is 116 Å². The molecule has 0 aromatic heterocycles. The molecule has 1 saturated carbocycles. The van der Waals surface area contributed by atoms with Crippen molar-refractivity contribution in [2.45, 2.75) is 38.0 Å². The summed E-state index contributed by atoms with van der Waals surface area (Å²) in [5.74, 6) is -0.678. The van der Waals surface area contributed by atoms with Crippen molar-refractivity contribution in [2.75, 3.05) is 7.11 Å². The van der Waals surface area contributed by atoms with Crippen molar-refractivity contribution in [3.05, 3.63) is 29.8 Å². The molecule has 20 heavy (non-hydrogen) atoms. The molecule has 2 nitrogen and oxygen atoms in total. The molecular weight excluding hydrogens is 269 g/mol. The van der Waals surface area contributed by atoms with Gasteiger partial charge in [0.1, 0.15) is 5.75 Å². The Balaban J connectivity index is 1.99. The highest BCUT2D eigenvalue weighted by atomic mass is 19.4. The predicted octanol–water partition coefficient (Wildman–Crippen LogP) is 4.10. The van der Waals surface area contributed by atoms with Crippen LogP contribution in [0.3, 0.4) is 0 Å². The van der Waals surface area contributed by atoms with Crippen LogP contribution in [-0.4, -0.2) is 18.4 Å². The summed E-state index contributed by atoms with van der Waals surface area (Å²) in [7, 11) is 1.54. The van der Waals surface area contributed by atoms with Crippen LogP contribution < -0.4 is 4.74 Å². The fourth-order valence-electron chi connectivity index (χ4n) is 2.86. The Morgan fingerprint density at radius 3 is 2.40 bits per heavy atom. The first-order chi connectivity index (χ1) is 9.41. The van der Waals surface area contributed by atoms with E-state index in [4.69, 9.17) is 4.74 Å². The minimum atomic E-state index is -4.11. The number of aliphatic hydroxyl groups excluding tert-OH is 1. The normalized spacial score (nSPS) is 25.2. The number of halogens is 3. The van der Waals surface area contributed by atoms with E-state index in [0.717, 1.165) is 0 Å². The fraction of sp³-hybridized carbons (Fsp3) is 0.600. The minimum absolute atomic E-state index is 0.106. The maximum absolute atomic E-state index is 12.6. The molecule has 1 N–H and O–H groups in total. The second kappa shape index (κ2) is 6.04. The molecule has 0 spiro atoms. The molecule has 112 valence electrons. The molecule has 1 atom stereocenters. The largest absolute Gasteiger partial charge is 0.497 e. The number of hydrogen-bond acceptors (Lipinski definition) is 2. The van der Waals surface area contributed by atoms with Crippen LogP contribution in [0.5, 0.6) is 5.75 Å². The topological polar surface area (TPSA) is 29.5 Å². The number of methoxy groups -OCH3 is 1. The lowest BCUT2D eigenvalue weighted by Crippen LogP contribution is -2.29. The number of benzene rings is 1. The third kappa shape index (κ3) is 3.45. The molecule has 2 rings (SSSR count). The Kier molecular flexibility index (Phi) is 4.58. The van der Waals surface area contributed by atoms with Crippen LogP contribution in [-0.2, 0) is 0 Å². The molecule has 1 fully saturated rings. The van der Waals surface area contributed by atoms with Crippen LogP contribution in [0.1, 0.15) is 37.4 Å². The summed E-state index contributed by atoms with van der Waals surface area (Å²) in [5.41, 5.74) is 0.708. The van der Waals surface area contributed by atoms with Gasteiger partial charge in [-0.15, -0.1) is 0 Å². The second-order valence-electron chi connectivity index (χ2n) is 5.37. The van der Waals surface area contributed by atoms with E-state index < -0.39 is 18.2 Å². The summed E-state index contributed by atoms with van der Waals surface area (Å²) in [4.78, 5) is 0. The summed E-state index contributed by atoms with van der Waals surface area (Å²) in [5, 5.41) is 10.3. The Morgan fingerprint density at radius 1 is 1.20 bits per heavy atom. The SMILES string of the molecule is COc1cccc(C(O)C2CCC(C(F)(F)F)CC2)c1. The number of aliphatic hydroxyl groups is 1. The molecule has 1 aliphatic rings. The fourth-order valence-corrected chi connectivity index (χ4v) is 2.86. The van der Waals surface area contributed by atoms with Gasteiger partial charge in [-0.3, -0.25) is 0 Å². The van der Waals surface area contributed by atoms with E-state index in [1.54, 1.807) is 31.4 Å². The molecule has 1 aromatic rings. The smallest absolute Gasteiger partial charge is 0.391 e. The van der Waals surface area contributed by atoms with E-state index in [0.29, 0.717) is 24.2 Å². The van der Waals surface area contributed by atoms with E-state index >= 15 is 0 Å². The first-order valence-corrected chi connectivity index (χ1v) is 6.80. The average Bonchev–Trinajstić information content (AvgIpc) is 2.46. The number of ether oxygens (including phenoxy) is 1. The van der Waals surface area contributed by atoms with Crippen LogP contribution in [0, 0.1) is 11.8 Å². The Hall–Kier alpha value is -1.23. The van der Waals surface area contributed by atoms with Gasteiger partial charge in [-0.25, -0.2) is 0 Å². The summed E-state index contributed by atoms with van der Waals surface area (Å²) in [6.45, 7) is 0. The summed E-state index contributed by atoms with van der Waals surface area (Å²) in [6.07, 6.45) is -3.80. The molecule has 0 radical (unpaired) electrons. The number of alkyl halides is 3. The van der Waals surface area contributed by atoms with Crippen LogP contribution in [0.25, 0.3) is 0 Å². The molecule has 0 amide bonds. The van der Waals surface area contributed by atoms with Crippen molar-refractivity contribution < 1.29 is 23.0 Å². The van der Waals surface area contributed by atoms with Gasteiger partial charge in [0.15, 0.2) is 0 Å². The molecule has 1 unspecified atom stereocenters. The van der Waals surface area contributed by atoms with Gasteiger partial charge < -0.3 is 9.84 Å². The molecule has 0 saturated heterocycles. The first-order valence-electron chi connectivity index (χ1n) is 6.80. The van der Waals surface area contributed by atoms with Crippen molar-refractivity contribution in [1.82, 2.24) is 0 Å². The zero-order chi connectivity index (χ0) is 14.8. The van der Waals surface area contributed by atoms with Crippen molar-refractivity contribution in [3.63, 3.8) is 0 Å². The van der Waals surface area contributed by atoms with Crippen molar-refractivity contribution in [2.24, 2.45) is 11.8 Å². The summed E-state index contributed by atoms with van der Waals surface area (Å²) < 4.78 is 42.9. The lowest BCUT2D eigenvalue weighted by atomic mass is 9.77. The predicted molar refractivity (Wildman–Crippen MR) is 69.5 cm³/mol. The van der Waals surface area contributed by atoms with Crippen LogP contribution in [0.4, 0.5) is 13.2 Å². The maximum atomic E-state index is 12.6. The van der Waals surface area contributed by atoms with Crippen LogP contribution >= 0.6 is 0 Å². The maximum Gasteiger partial charge on any atom is 0.391 e. The van der Waals surface area contributed by atoms with Gasteiger partial charge in [0.2, 0.25) is 0 Å². The highest BCUT2D eigenvalue weighted by Gasteiger charge is 2.42. The van der Waals surface area contributed by atoms with E-state index in [1.165, 1.54) is 0 Å². The number of rotatable bonds is 3. The van der Waals surface area contributed by atoms with Crippen molar-refractivity contribution in [3.8, 4) is 5.75 Å². The van der Waals surface area contributed by atoms with E-state index in [1.807, 2.05) is 0 Å². The highest BCUT2D eigenvalue weighted by Crippen LogP contribution is 2.43. The van der Waals surface area contributed by atoms with Gasteiger partial charge in [0, 0.05) is 0 Å². The molecule has 0 bridgehead atoms. The summed E-state index contributed by atoms with van der Waals surface area (Å²) in [6, 6.07) is 7.07. The lowest BCUT2D eigenvalue weighted by molar-refractivity contribution is -0.185. The van der Waals surface area contributed by atoms with E-state index in [2.05, 4.69) is 0 Å². The molecule has 0 aliphatic heterocycles. The zero-order valence-corrected chi connectivity index (χ0v) is 11.4. The highest BCUT2D eigenvalue weighted by molar-refractivity contribution is 5.30. The van der Waals surface area contributed by atoms with Gasteiger partial charge >= 0.3 is 6.18 Å².